The topological polar surface area (TPSA) is 52.5 Å². The van der Waals surface area contributed by atoms with Crippen molar-refractivity contribution in [1.82, 2.24) is 5.32 Å². The van der Waals surface area contributed by atoms with E-state index in [0.717, 1.165) is 18.7 Å². The zero-order valence-electron chi connectivity index (χ0n) is 10.2. The quantitative estimate of drug-likeness (QED) is 0.702. The fourth-order valence-corrected chi connectivity index (χ4v) is 2.75. The second-order valence-electron chi connectivity index (χ2n) is 4.77. The zero-order chi connectivity index (χ0) is 13.4. The molecule has 0 radical (unpaired) electrons. The molecule has 1 heterocycles. The summed E-state index contributed by atoms with van der Waals surface area (Å²) in [6.07, 6.45) is 0. The van der Waals surface area contributed by atoms with Gasteiger partial charge in [0, 0.05) is 24.0 Å². The number of phenolic OH excluding ortho intramolecular Hbond substituents is 2. The van der Waals surface area contributed by atoms with E-state index in [2.05, 4.69) is 5.32 Å². The van der Waals surface area contributed by atoms with E-state index in [1.165, 1.54) is 17.2 Å². The standard InChI is InChI=1S/C15H14ClNO2/c16-11-3-1-10-7-17-8-13(12(10)6-11)9-2-4-14(18)15(19)5-9/h1-6,13,17-19H,7-8H2. The number of fused-ring (bicyclic) bond motifs is 1. The van der Waals surface area contributed by atoms with Gasteiger partial charge in [-0.15, -0.1) is 0 Å². The zero-order valence-corrected chi connectivity index (χ0v) is 11.0. The molecule has 0 spiro atoms. The van der Waals surface area contributed by atoms with Crippen molar-refractivity contribution in [2.45, 2.75) is 12.5 Å². The van der Waals surface area contributed by atoms with Crippen molar-refractivity contribution < 1.29 is 10.2 Å². The Morgan fingerprint density at radius 2 is 1.89 bits per heavy atom. The molecule has 3 N–H and O–H groups in total. The third-order valence-corrected chi connectivity index (χ3v) is 3.78. The highest BCUT2D eigenvalue weighted by molar-refractivity contribution is 6.30. The molecule has 0 amide bonds. The lowest BCUT2D eigenvalue weighted by molar-refractivity contribution is 0.402. The van der Waals surface area contributed by atoms with Crippen LogP contribution in [0, 0.1) is 0 Å². The van der Waals surface area contributed by atoms with Gasteiger partial charge in [-0.25, -0.2) is 0 Å². The minimum absolute atomic E-state index is 0.0911. The van der Waals surface area contributed by atoms with Crippen molar-refractivity contribution in [3.63, 3.8) is 0 Å². The lowest BCUT2D eigenvalue weighted by atomic mass is 9.85. The molecule has 2 aromatic rings. The van der Waals surface area contributed by atoms with E-state index >= 15 is 0 Å². The highest BCUT2D eigenvalue weighted by Crippen LogP contribution is 2.35. The van der Waals surface area contributed by atoms with E-state index in [0.29, 0.717) is 5.02 Å². The molecule has 0 fully saturated rings. The first-order chi connectivity index (χ1) is 9.15. The smallest absolute Gasteiger partial charge is 0.157 e. The third kappa shape index (κ3) is 2.27. The highest BCUT2D eigenvalue weighted by atomic mass is 35.5. The first-order valence-electron chi connectivity index (χ1n) is 6.16. The second-order valence-corrected chi connectivity index (χ2v) is 5.21. The minimum atomic E-state index is -0.0983. The van der Waals surface area contributed by atoms with Gasteiger partial charge >= 0.3 is 0 Å². The molecule has 0 bridgehead atoms. The molecule has 3 rings (SSSR count). The summed E-state index contributed by atoms with van der Waals surface area (Å²) >= 11 is 6.08. The van der Waals surface area contributed by atoms with Gasteiger partial charge in [-0.1, -0.05) is 23.7 Å². The van der Waals surface area contributed by atoms with Crippen molar-refractivity contribution in [2.24, 2.45) is 0 Å². The maximum absolute atomic E-state index is 9.64. The third-order valence-electron chi connectivity index (χ3n) is 3.55. The number of aromatic hydroxyl groups is 2. The summed E-state index contributed by atoms with van der Waals surface area (Å²) in [6, 6.07) is 10.8. The molecule has 98 valence electrons. The lowest BCUT2D eigenvalue weighted by Crippen LogP contribution is -2.28. The van der Waals surface area contributed by atoms with Gasteiger partial charge in [-0.05, 0) is 41.0 Å². The average molecular weight is 276 g/mol. The number of rotatable bonds is 1. The van der Waals surface area contributed by atoms with Gasteiger partial charge in [0.25, 0.3) is 0 Å². The van der Waals surface area contributed by atoms with Gasteiger partial charge < -0.3 is 15.5 Å². The Labute approximate surface area is 116 Å². The molecule has 19 heavy (non-hydrogen) atoms. The molecule has 4 heteroatoms. The van der Waals surface area contributed by atoms with Crippen LogP contribution in [-0.4, -0.2) is 16.8 Å². The molecule has 0 aromatic heterocycles. The number of benzene rings is 2. The predicted octanol–water partition coefficient (Wildman–Crippen LogP) is 2.99. The summed E-state index contributed by atoms with van der Waals surface area (Å²) in [5.74, 6) is -0.0561. The number of nitrogens with one attached hydrogen (secondary N) is 1. The molecule has 2 aromatic carbocycles. The van der Waals surface area contributed by atoms with Crippen molar-refractivity contribution in [2.75, 3.05) is 6.54 Å². The van der Waals surface area contributed by atoms with Crippen LogP contribution in [0.4, 0.5) is 0 Å². The van der Waals surface area contributed by atoms with E-state index in [-0.39, 0.29) is 17.4 Å². The molecule has 1 aliphatic rings. The van der Waals surface area contributed by atoms with E-state index in [1.54, 1.807) is 6.07 Å². The van der Waals surface area contributed by atoms with Crippen LogP contribution in [0.25, 0.3) is 0 Å². The van der Waals surface area contributed by atoms with Gasteiger partial charge in [-0.2, -0.15) is 0 Å². The average Bonchev–Trinajstić information content (AvgIpc) is 2.41. The Morgan fingerprint density at radius 1 is 1.05 bits per heavy atom. The van der Waals surface area contributed by atoms with Gasteiger partial charge in [0.2, 0.25) is 0 Å². The van der Waals surface area contributed by atoms with Gasteiger partial charge in [0.05, 0.1) is 0 Å². The first kappa shape index (κ1) is 12.3. The first-order valence-corrected chi connectivity index (χ1v) is 6.54. The summed E-state index contributed by atoms with van der Waals surface area (Å²) in [7, 11) is 0. The molecular weight excluding hydrogens is 262 g/mol. The maximum atomic E-state index is 9.64. The molecule has 1 aliphatic heterocycles. The summed E-state index contributed by atoms with van der Waals surface area (Å²) in [6.45, 7) is 1.62. The Bertz CT molecular complexity index is 628. The Morgan fingerprint density at radius 3 is 2.68 bits per heavy atom. The van der Waals surface area contributed by atoms with Crippen molar-refractivity contribution in [1.29, 1.82) is 0 Å². The van der Waals surface area contributed by atoms with E-state index in [9.17, 15) is 10.2 Å². The van der Waals surface area contributed by atoms with Crippen LogP contribution in [-0.2, 0) is 6.54 Å². The molecule has 0 saturated carbocycles. The van der Waals surface area contributed by atoms with Gasteiger partial charge in [0.1, 0.15) is 0 Å². The number of hydrogen-bond donors (Lipinski definition) is 3. The molecule has 1 unspecified atom stereocenters. The van der Waals surface area contributed by atoms with E-state index < -0.39 is 0 Å². The van der Waals surface area contributed by atoms with Crippen LogP contribution in [0.1, 0.15) is 22.6 Å². The SMILES string of the molecule is Oc1ccc(C2CNCc3ccc(Cl)cc32)cc1O. The number of hydrogen-bond acceptors (Lipinski definition) is 3. The predicted molar refractivity (Wildman–Crippen MR) is 74.8 cm³/mol. The largest absolute Gasteiger partial charge is 0.504 e. The van der Waals surface area contributed by atoms with Crippen LogP contribution in [0.5, 0.6) is 11.5 Å². The van der Waals surface area contributed by atoms with Gasteiger partial charge in [-0.3, -0.25) is 0 Å². The van der Waals surface area contributed by atoms with Crippen molar-refractivity contribution in [3.05, 3.63) is 58.1 Å². The van der Waals surface area contributed by atoms with Crippen LogP contribution in [0.2, 0.25) is 5.02 Å². The Balaban J connectivity index is 2.07. The minimum Gasteiger partial charge on any atom is -0.504 e. The maximum Gasteiger partial charge on any atom is 0.157 e. The number of phenols is 2. The molecule has 0 saturated heterocycles. The summed E-state index contributed by atoms with van der Waals surface area (Å²) in [5.41, 5.74) is 3.36. The molecule has 3 nitrogen and oxygen atoms in total. The van der Waals surface area contributed by atoms with E-state index in [4.69, 9.17) is 11.6 Å². The molecule has 0 aliphatic carbocycles. The van der Waals surface area contributed by atoms with Crippen molar-refractivity contribution >= 4 is 11.6 Å². The summed E-state index contributed by atoms with van der Waals surface area (Å²) in [4.78, 5) is 0. The fraction of sp³-hybridized carbons (Fsp3) is 0.200. The van der Waals surface area contributed by atoms with Gasteiger partial charge in [0.15, 0.2) is 11.5 Å². The highest BCUT2D eigenvalue weighted by Gasteiger charge is 2.22. The number of halogens is 1. The second kappa shape index (κ2) is 4.76. The van der Waals surface area contributed by atoms with Crippen LogP contribution in [0.3, 0.4) is 0 Å². The van der Waals surface area contributed by atoms with Crippen molar-refractivity contribution in [3.8, 4) is 11.5 Å². The molecule has 1 atom stereocenters. The summed E-state index contributed by atoms with van der Waals surface area (Å²) in [5, 5.41) is 23.1. The van der Waals surface area contributed by atoms with Crippen LogP contribution >= 0.6 is 11.6 Å². The monoisotopic (exact) mass is 275 g/mol. The van der Waals surface area contributed by atoms with Crippen LogP contribution < -0.4 is 5.32 Å². The Kier molecular flexibility index (Phi) is 3.09. The Hall–Kier alpha value is -1.71. The van der Waals surface area contributed by atoms with E-state index in [1.807, 2.05) is 24.3 Å². The van der Waals surface area contributed by atoms with Crippen LogP contribution in [0.15, 0.2) is 36.4 Å². The fourth-order valence-electron chi connectivity index (χ4n) is 2.57. The summed E-state index contributed by atoms with van der Waals surface area (Å²) < 4.78 is 0. The lowest BCUT2D eigenvalue weighted by Gasteiger charge is -2.27. The molecular formula is C15H14ClNO2. The normalized spacial score (nSPS) is 18.1.